The molecular weight excluding hydrogens is 529 g/mol. The lowest BCUT2D eigenvalue weighted by atomic mass is 9.76. The molecule has 6 rings (SSSR count). The number of carbonyl (C=O) groups is 1. The van der Waals surface area contributed by atoms with Crippen LogP contribution in [-0.2, 0) is 9.53 Å². The van der Waals surface area contributed by atoms with Gasteiger partial charge in [-0.3, -0.25) is 9.89 Å². The van der Waals surface area contributed by atoms with Crippen LogP contribution in [0.25, 0.3) is 16.9 Å². The molecule has 4 N–H and O–H groups in total. The van der Waals surface area contributed by atoms with Gasteiger partial charge in [0.25, 0.3) is 5.91 Å². The van der Waals surface area contributed by atoms with Gasteiger partial charge in [-0.05, 0) is 51.2 Å². The highest BCUT2D eigenvalue weighted by Crippen LogP contribution is 2.41. The molecule has 1 saturated carbocycles. The predicted molar refractivity (Wildman–Crippen MR) is 147 cm³/mol. The number of aromatic nitrogens is 9. The predicted octanol–water partition coefficient (Wildman–Crippen LogP) is 3.77. The minimum absolute atomic E-state index is 0.0719. The Morgan fingerprint density at radius 3 is 2.66 bits per heavy atom. The quantitative estimate of drug-likeness (QED) is 0.221. The Bertz CT molecular complexity index is 1670. The van der Waals surface area contributed by atoms with Crippen molar-refractivity contribution < 1.29 is 13.9 Å². The molecule has 1 fully saturated rings. The molecule has 41 heavy (non-hydrogen) atoms. The number of hydrogen-bond acceptors (Lipinski definition) is 9. The number of nitrogens with one attached hydrogen (secondary N) is 4. The van der Waals surface area contributed by atoms with E-state index >= 15 is 0 Å². The highest BCUT2D eigenvalue weighted by molar-refractivity contribution is 5.86. The maximum absolute atomic E-state index is 13.5. The van der Waals surface area contributed by atoms with Gasteiger partial charge in [-0.15, -0.1) is 0 Å². The maximum atomic E-state index is 13.5. The van der Waals surface area contributed by atoms with Gasteiger partial charge in [-0.25, -0.2) is 19.0 Å². The van der Waals surface area contributed by atoms with Crippen molar-refractivity contribution in [3.8, 4) is 5.82 Å². The third-order valence-corrected chi connectivity index (χ3v) is 7.68. The molecule has 5 aromatic rings. The second kappa shape index (κ2) is 10.7. The summed E-state index contributed by atoms with van der Waals surface area (Å²) in [7, 11) is 1.58. The molecule has 212 valence electrons. The lowest BCUT2D eigenvalue weighted by molar-refractivity contribution is -0.148. The SMILES string of the molecule is COC1(C(=O)N[C@@H](C)c2ccc(-n3cc(F)cn3)nc2)CCC(c2nc(Nc3cc(C)[nH]n3)cc3n[nH]nc23)CC1. The highest BCUT2D eigenvalue weighted by Gasteiger charge is 2.43. The first-order chi connectivity index (χ1) is 19.8. The van der Waals surface area contributed by atoms with Crippen LogP contribution in [0.1, 0.15) is 61.5 Å². The first kappa shape index (κ1) is 26.5. The number of methoxy groups -OCH3 is 1. The summed E-state index contributed by atoms with van der Waals surface area (Å²) in [6.07, 6.45) is 6.44. The Morgan fingerprint density at radius 1 is 1.17 bits per heavy atom. The number of aromatic amines is 2. The Kier molecular flexibility index (Phi) is 6.91. The van der Waals surface area contributed by atoms with E-state index in [-0.39, 0.29) is 17.9 Å². The monoisotopic (exact) mass is 559 g/mol. The molecule has 0 bridgehead atoms. The number of carbonyl (C=O) groups excluding carboxylic acids is 1. The Hall–Kier alpha value is -4.72. The molecule has 0 aliphatic heterocycles. The third kappa shape index (κ3) is 5.25. The smallest absolute Gasteiger partial charge is 0.252 e. The van der Waals surface area contributed by atoms with E-state index in [0.717, 1.165) is 28.7 Å². The molecule has 5 heterocycles. The van der Waals surface area contributed by atoms with Gasteiger partial charge in [0.2, 0.25) is 0 Å². The van der Waals surface area contributed by atoms with Crippen molar-refractivity contribution in [2.24, 2.45) is 0 Å². The van der Waals surface area contributed by atoms with E-state index in [1.54, 1.807) is 19.4 Å². The first-order valence-electron chi connectivity index (χ1n) is 13.4. The van der Waals surface area contributed by atoms with Gasteiger partial charge in [0.1, 0.15) is 22.5 Å². The van der Waals surface area contributed by atoms with E-state index in [2.05, 4.69) is 46.3 Å². The fourth-order valence-corrected chi connectivity index (χ4v) is 5.34. The number of anilines is 2. The average Bonchev–Trinajstić information content (AvgIpc) is 3.74. The van der Waals surface area contributed by atoms with Crippen molar-refractivity contribution in [1.82, 2.24) is 50.7 Å². The van der Waals surface area contributed by atoms with E-state index in [0.29, 0.717) is 48.7 Å². The molecule has 1 aliphatic carbocycles. The Labute approximate surface area is 234 Å². The third-order valence-electron chi connectivity index (χ3n) is 7.68. The minimum atomic E-state index is -0.962. The van der Waals surface area contributed by atoms with Crippen molar-refractivity contribution >= 4 is 28.6 Å². The largest absolute Gasteiger partial charge is 0.368 e. The Balaban J connectivity index is 1.14. The number of hydrogen-bond donors (Lipinski definition) is 4. The van der Waals surface area contributed by atoms with Gasteiger partial charge < -0.3 is 15.4 Å². The highest BCUT2D eigenvalue weighted by atomic mass is 19.1. The van der Waals surface area contributed by atoms with Crippen LogP contribution in [0.3, 0.4) is 0 Å². The average molecular weight is 560 g/mol. The van der Waals surface area contributed by atoms with Crippen LogP contribution in [-0.4, -0.2) is 64.0 Å². The fourth-order valence-electron chi connectivity index (χ4n) is 5.34. The van der Waals surface area contributed by atoms with E-state index in [1.165, 1.54) is 10.9 Å². The maximum Gasteiger partial charge on any atom is 0.252 e. The van der Waals surface area contributed by atoms with Crippen LogP contribution in [0.15, 0.2) is 42.9 Å². The molecule has 1 aliphatic rings. The number of nitrogens with zero attached hydrogens (tertiary/aromatic N) is 7. The molecule has 1 amide bonds. The van der Waals surface area contributed by atoms with Gasteiger partial charge in [-0.2, -0.15) is 25.6 Å². The zero-order chi connectivity index (χ0) is 28.6. The van der Waals surface area contributed by atoms with Crippen molar-refractivity contribution in [3.63, 3.8) is 0 Å². The lowest BCUT2D eigenvalue weighted by Gasteiger charge is -2.38. The standard InChI is InChI=1S/C27H30FN11O2/c1-15-10-22(36-34-15)32-21-11-20-25(37-38-35-20)24(33-21)17-6-8-27(41-3,9-7-17)26(40)31-16(2)18-4-5-23(29-12-18)39-14-19(28)13-30-39/h4-5,10-14,16-17H,6-9H2,1-3H3,(H,31,40)(H,35,37,38)(H2,32,33,34,36)/t16-,17?,27?/m0/s1. The van der Waals surface area contributed by atoms with Crippen LogP contribution in [0.4, 0.5) is 16.0 Å². The lowest BCUT2D eigenvalue weighted by Crippen LogP contribution is -2.50. The number of aryl methyl sites for hydroxylation is 1. The van der Waals surface area contributed by atoms with Gasteiger partial charge in [0.05, 0.1) is 24.1 Å². The summed E-state index contributed by atoms with van der Waals surface area (Å²) < 4.78 is 20.5. The fraction of sp³-hybridized carbons (Fsp3) is 0.370. The van der Waals surface area contributed by atoms with Gasteiger partial charge in [-0.1, -0.05) is 6.07 Å². The number of H-pyrrole nitrogens is 2. The molecule has 1 atom stereocenters. The van der Waals surface area contributed by atoms with Crippen LogP contribution >= 0.6 is 0 Å². The van der Waals surface area contributed by atoms with Crippen molar-refractivity contribution in [2.45, 2.75) is 57.1 Å². The topological polar surface area (TPSA) is 164 Å². The molecule has 13 nitrogen and oxygen atoms in total. The van der Waals surface area contributed by atoms with E-state index in [4.69, 9.17) is 9.72 Å². The summed E-state index contributed by atoms with van der Waals surface area (Å²) in [5, 5.41) is 28.7. The van der Waals surface area contributed by atoms with E-state index in [9.17, 15) is 9.18 Å². The summed E-state index contributed by atoms with van der Waals surface area (Å²) in [5.41, 5.74) is 3.03. The van der Waals surface area contributed by atoms with Crippen molar-refractivity contribution in [2.75, 3.05) is 12.4 Å². The van der Waals surface area contributed by atoms with Gasteiger partial charge in [0.15, 0.2) is 17.5 Å². The molecule has 0 unspecified atom stereocenters. The molecule has 0 aromatic carbocycles. The number of halogens is 1. The van der Waals surface area contributed by atoms with Crippen LogP contribution in [0.2, 0.25) is 0 Å². The van der Waals surface area contributed by atoms with Crippen molar-refractivity contribution in [1.29, 1.82) is 0 Å². The van der Waals surface area contributed by atoms with E-state index in [1.807, 2.05) is 32.0 Å². The summed E-state index contributed by atoms with van der Waals surface area (Å²) in [5.74, 6) is 1.23. The van der Waals surface area contributed by atoms with Crippen LogP contribution in [0, 0.1) is 12.7 Å². The number of fused-ring (bicyclic) bond motifs is 1. The molecule has 0 spiro atoms. The van der Waals surface area contributed by atoms with Gasteiger partial charge in [0, 0.05) is 37.1 Å². The zero-order valence-electron chi connectivity index (χ0n) is 22.8. The first-order valence-corrected chi connectivity index (χ1v) is 13.4. The number of rotatable bonds is 8. The molecular formula is C27H30FN11O2. The van der Waals surface area contributed by atoms with Crippen molar-refractivity contribution in [3.05, 3.63) is 65.6 Å². The molecule has 0 radical (unpaired) electrons. The van der Waals surface area contributed by atoms with E-state index < -0.39 is 11.4 Å². The minimum Gasteiger partial charge on any atom is -0.368 e. The normalized spacial score (nSPS) is 19.8. The number of pyridine rings is 2. The summed E-state index contributed by atoms with van der Waals surface area (Å²) in [4.78, 5) is 22.8. The zero-order valence-corrected chi connectivity index (χ0v) is 22.8. The summed E-state index contributed by atoms with van der Waals surface area (Å²) in [6.45, 7) is 3.82. The molecule has 0 saturated heterocycles. The van der Waals surface area contributed by atoms with Crippen LogP contribution < -0.4 is 10.6 Å². The summed E-state index contributed by atoms with van der Waals surface area (Å²) >= 11 is 0. The molecule has 14 heteroatoms. The van der Waals surface area contributed by atoms with Crippen LogP contribution in [0.5, 0.6) is 0 Å². The second-order valence-electron chi connectivity index (χ2n) is 10.4. The number of ether oxygens (including phenoxy) is 1. The second-order valence-corrected chi connectivity index (χ2v) is 10.4. The Morgan fingerprint density at radius 2 is 2.00 bits per heavy atom. The molecule has 5 aromatic heterocycles. The summed E-state index contributed by atoms with van der Waals surface area (Å²) in [6, 6.07) is 6.98. The van der Waals surface area contributed by atoms with Gasteiger partial charge >= 0.3 is 0 Å². The number of amides is 1.